The van der Waals surface area contributed by atoms with Crippen LogP contribution in [-0.4, -0.2) is 21.8 Å². The zero-order valence-electron chi connectivity index (χ0n) is 9.63. The zero-order valence-corrected chi connectivity index (χ0v) is 9.63. The van der Waals surface area contributed by atoms with Crippen molar-refractivity contribution in [3.05, 3.63) is 0 Å². The fourth-order valence-electron chi connectivity index (χ4n) is 1.12. The SMILES string of the molecule is CC(C)(C)C(C)(O)CCCCC(=O)O. The standard InChI is InChI=1S/C11H22O3/c1-10(2,3)11(4,14)8-6-5-7-9(12)13/h14H,5-8H2,1-4H3,(H,12,13). The molecule has 0 aliphatic carbocycles. The molecule has 0 bridgehead atoms. The summed E-state index contributed by atoms with van der Waals surface area (Å²) in [7, 11) is 0. The fraction of sp³-hybridized carbons (Fsp3) is 0.909. The van der Waals surface area contributed by atoms with Crippen molar-refractivity contribution in [2.75, 3.05) is 0 Å². The second-order valence-corrected chi connectivity index (χ2v) is 5.12. The molecule has 3 nitrogen and oxygen atoms in total. The van der Waals surface area contributed by atoms with Crippen LogP contribution in [0.5, 0.6) is 0 Å². The normalized spacial score (nSPS) is 16.4. The maximum atomic E-state index is 10.3. The first kappa shape index (κ1) is 13.4. The van der Waals surface area contributed by atoms with E-state index in [1.807, 2.05) is 27.7 Å². The number of carboxylic acids is 1. The highest BCUT2D eigenvalue weighted by molar-refractivity contribution is 5.66. The molecule has 0 radical (unpaired) electrons. The highest BCUT2D eigenvalue weighted by Gasteiger charge is 2.34. The second kappa shape index (κ2) is 4.78. The first-order valence-electron chi connectivity index (χ1n) is 5.11. The smallest absolute Gasteiger partial charge is 0.303 e. The molecule has 0 aromatic rings. The number of aliphatic carboxylic acids is 1. The number of carboxylic acid groups (broad SMARTS) is 1. The molecule has 14 heavy (non-hydrogen) atoms. The summed E-state index contributed by atoms with van der Waals surface area (Å²) in [6, 6.07) is 0. The van der Waals surface area contributed by atoms with Gasteiger partial charge in [0.1, 0.15) is 0 Å². The van der Waals surface area contributed by atoms with Crippen LogP contribution in [0.15, 0.2) is 0 Å². The van der Waals surface area contributed by atoms with Gasteiger partial charge < -0.3 is 10.2 Å². The number of hydrogen-bond donors (Lipinski definition) is 2. The molecule has 84 valence electrons. The van der Waals surface area contributed by atoms with Gasteiger partial charge in [0.25, 0.3) is 0 Å². The van der Waals surface area contributed by atoms with Gasteiger partial charge in [-0.3, -0.25) is 4.79 Å². The van der Waals surface area contributed by atoms with Gasteiger partial charge in [0.2, 0.25) is 0 Å². The van der Waals surface area contributed by atoms with Crippen molar-refractivity contribution in [3.63, 3.8) is 0 Å². The number of hydrogen-bond acceptors (Lipinski definition) is 2. The van der Waals surface area contributed by atoms with Gasteiger partial charge in [-0.05, 0) is 25.2 Å². The van der Waals surface area contributed by atoms with Gasteiger partial charge in [-0.25, -0.2) is 0 Å². The van der Waals surface area contributed by atoms with E-state index in [-0.39, 0.29) is 11.8 Å². The van der Waals surface area contributed by atoms with Crippen molar-refractivity contribution < 1.29 is 15.0 Å². The molecule has 1 unspecified atom stereocenters. The number of unbranched alkanes of at least 4 members (excludes halogenated alkanes) is 1. The molecule has 0 rings (SSSR count). The maximum absolute atomic E-state index is 10.3. The zero-order chi connectivity index (χ0) is 11.4. The van der Waals surface area contributed by atoms with Crippen molar-refractivity contribution in [2.45, 2.75) is 59.0 Å². The van der Waals surface area contributed by atoms with E-state index >= 15 is 0 Å². The highest BCUT2D eigenvalue weighted by Crippen LogP contribution is 2.33. The molecule has 0 spiro atoms. The van der Waals surface area contributed by atoms with Crippen LogP contribution in [0.4, 0.5) is 0 Å². The maximum Gasteiger partial charge on any atom is 0.303 e. The Balaban J connectivity index is 3.83. The van der Waals surface area contributed by atoms with Crippen LogP contribution < -0.4 is 0 Å². The summed E-state index contributed by atoms with van der Waals surface area (Å²) in [6.45, 7) is 7.78. The molecule has 0 aromatic carbocycles. The van der Waals surface area contributed by atoms with E-state index in [1.165, 1.54) is 0 Å². The summed E-state index contributed by atoms with van der Waals surface area (Å²) < 4.78 is 0. The molecule has 1 atom stereocenters. The minimum Gasteiger partial charge on any atom is -0.481 e. The summed E-state index contributed by atoms with van der Waals surface area (Å²) >= 11 is 0. The summed E-state index contributed by atoms with van der Waals surface area (Å²) in [6.07, 6.45) is 2.25. The first-order chi connectivity index (χ1) is 6.17. The molecule has 0 saturated carbocycles. The van der Waals surface area contributed by atoms with Crippen LogP contribution in [0.2, 0.25) is 0 Å². The van der Waals surface area contributed by atoms with Gasteiger partial charge in [0.15, 0.2) is 0 Å². The van der Waals surface area contributed by atoms with Crippen LogP contribution in [0.3, 0.4) is 0 Å². The molecule has 0 aliphatic rings. The first-order valence-corrected chi connectivity index (χ1v) is 5.11. The van der Waals surface area contributed by atoms with Gasteiger partial charge in [-0.15, -0.1) is 0 Å². The van der Waals surface area contributed by atoms with E-state index in [0.717, 1.165) is 6.42 Å². The monoisotopic (exact) mass is 202 g/mol. The lowest BCUT2D eigenvalue weighted by molar-refractivity contribution is -0.137. The Kier molecular flexibility index (Phi) is 4.59. The molecule has 0 heterocycles. The van der Waals surface area contributed by atoms with Crippen LogP contribution in [0.25, 0.3) is 0 Å². The molecule has 0 aliphatic heterocycles. The predicted octanol–water partition coefficient (Wildman–Crippen LogP) is 2.43. The largest absolute Gasteiger partial charge is 0.481 e. The Hall–Kier alpha value is -0.570. The van der Waals surface area contributed by atoms with Crippen LogP contribution in [0, 0.1) is 5.41 Å². The van der Waals surface area contributed by atoms with E-state index in [9.17, 15) is 9.90 Å². The van der Waals surface area contributed by atoms with E-state index in [2.05, 4.69) is 0 Å². The van der Waals surface area contributed by atoms with Gasteiger partial charge in [-0.2, -0.15) is 0 Å². The van der Waals surface area contributed by atoms with Crippen molar-refractivity contribution in [1.82, 2.24) is 0 Å². The summed E-state index contributed by atoms with van der Waals surface area (Å²) in [4.78, 5) is 10.3. The molecular weight excluding hydrogens is 180 g/mol. The number of aliphatic hydroxyl groups is 1. The van der Waals surface area contributed by atoms with Gasteiger partial charge >= 0.3 is 5.97 Å². The minimum atomic E-state index is -0.764. The quantitative estimate of drug-likeness (QED) is 0.673. The van der Waals surface area contributed by atoms with Crippen LogP contribution in [-0.2, 0) is 4.79 Å². The minimum absolute atomic E-state index is 0.157. The van der Waals surface area contributed by atoms with E-state index in [1.54, 1.807) is 0 Å². The molecule has 3 heteroatoms. The van der Waals surface area contributed by atoms with Crippen LogP contribution in [0.1, 0.15) is 53.4 Å². The summed E-state index contributed by atoms with van der Waals surface area (Å²) in [5.41, 5.74) is -0.873. The third-order valence-corrected chi connectivity index (χ3v) is 2.92. The lowest BCUT2D eigenvalue weighted by Crippen LogP contribution is -2.39. The highest BCUT2D eigenvalue weighted by atomic mass is 16.4. The molecule has 0 saturated heterocycles. The fourth-order valence-corrected chi connectivity index (χ4v) is 1.12. The Bertz CT molecular complexity index is 189. The summed E-state index contributed by atoms with van der Waals surface area (Å²) in [5.74, 6) is -0.764. The number of carbonyl (C=O) groups is 1. The molecule has 2 N–H and O–H groups in total. The predicted molar refractivity (Wildman–Crippen MR) is 56.2 cm³/mol. The van der Waals surface area contributed by atoms with E-state index in [4.69, 9.17) is 5.11 Å². The Labute approximate surface area is 86.1 Å². The van der Waals surface area contributed by atoms with Crippen LogP contribution >= 0.6 is 0 Å². The third kappa shape index (κ3) is 4.61. The van der Waals surface area contributed by atoms with Crippen molar-refractivity contribution in [2.24, 2.45) is 5.41 Å². The van der Waals surface area contributed by atoms with Gasteiger partial charge in [-0.1, -0.05) is 27.2 Å². The van der Waals surface area contributed by atoms with Crippen molar-refractivity contribution in [1.29, 1.82) is 0 Å². The Morgan fingerprint density at radius 3 is 2.00 bits per heavy atom. The molecule has 0 aromatic heterocycles. The average Bonchev–Trinajstić information content (AvgIpc) is 1.95. The molecule has 0 amide bonds. The average molecular weight is 202 g/mol. The lowest BCUT2D eigenvalue weighted by Gasteiger charge is -2.37. The van der Waals surface area contributed by atoms with Gasteiger partial charge in [0.05, 0.1) is 5.60 Å². The third-order valence-electron chi connectivity index (χ3n) is 2.92. The number of rotatable bonds is 5. The second-order valence-electron chi connectivity index (χ2n) is 5.12. The van der Waals surface area contributed by atoms with Crippen molar-refractivity contribution >= 4 is 5.97 Å². The molecule has 0 fully saturated rings. The van der Waals surface area contributed by atoms with Crippen molar-refractivity contribution in [3.8, 4) is 0 Å². The summed E-state index contributed by atoms with van der Waals surface area (Å²) in [5, 5.41) is 18.5. The Morgan fingerprint density at radius 1 is 1.14 bits per heavy atom. The lowest BCUT2D eigenvalue weighted by atomic mass is 9.75. The van der Waals surface area contributed by atoms with E-state index < -0.39 is 11.6 Å². The Morgan fingerprint density at radius 2 is 1.64 bits per heavy atom. The van der Waals surface area contributed by atoms with E-state index in [0.29, 0.717) is 12.8 Å². The molecular formula is C11H22O3. The van der Waals surface area contributed by atoms with Gasteiger partial charge in [0, 0.05) is 6.42 Å². The topological polar surface area (TPSA) is 57.5 Å².